The molecule has 0 amide bonds. The van der Waals surface area contributed by atoms with Crippen LogP contribution in [0.3, 0.4) is 0 Å². The molecule has 1 N–H and O–H groups in total. The van der Waals surface area contributed by atoms with Crippen molar-refractivity contribution in [3.63, 3.8) is 0 Å². The van der Waals surface area contributed by atoms with Crippen molar-refractivity contribution in [2.75, 3.05) is 31.1 Å². The Hall–Kier alpha value is -1.14. The Morgan fingerprint density at radius 3 is 3.11 bits per heavy atom. The van der Waals surface area contributed by atoms with Crippen molar-refractivity contribution in [1.29, 1.82) is 0 Å². The zero-order valence-electron chi connectivity index (χ0n) is 9.75. The summed E-state index contributed by atoms with van der Waals surface area (Å²) < 4.78 is 19.6. The molecule has 1 aromatic heterocycles. The molecule has 1 aromatic carbocycles. The molecule has 2 aromatic rings. The summed E-state index contributed by atoms with van der Waals surface area (Å²) in [6.07, 6.45) is 1.05. The maximum atomic E-state index is 13.3. The minimum atomic E-state index is -0.313. The first-order chi connectivity index (χ1) is 8.74. The zero-order valence-corrected chi connectivity index (χ0v) is 11.3. The van der Waals surface area contributed by atoms with E-state index in [1.165, 1.54) is 12.1 Å². The number of oxazole rings is 1. The van der Waals surface area contributed by atoms with Crippen molar-refractivity contribution in [3.05, 3.63) is 22.4 Å². The first-order valence-corrected chi connectivity index (χ1v) is 6.74. The fraction of sp³-hybridized carbons (Fsp3) is 0.417. The zero-order chi connectivity index (χ0) is 12.5. The minimum Gasteiger partial charge on any atom is -0.422 e. The van der Waals surface area contributed by atoms with Gasteiger partial charge < -0.3 is 14.6 Å². The van der Waals surface area contributed by atoms with Crippen molar-refractivity contribution in [2.24, 2.45) is 0 Å². The quantitative estimate of drug-likeness (QED) is 0.878. The molecule has 0 unspecified atom stereocenters. The van der Waals surface area contributed by atoms with Gasteiger partial charge in [0.15, 0.2) is 5.58 Å². The molecule has 0 spiro atoms. The molecule has 0 saturated carbocycles. The molecule has 0 aliphatic carbocycles. The molecule has 3 rings (SSSR count). The number of halogens is 2. The van der Waals surface area contributed by atoms with E-state index in [4.69, 9.17) is 4.42 Å². The molecule has 18 heavy (non-hydrogen) atoms. The van der Waals surface area contributed by atoms with E-state index >= 15 is 0 Å². The molecule has 1 saturated heterocycles. The molecular formula is C12H13BrFN3O. The third-order valence-electron chi connectivity index (χ3n) is 3.01. The van der Waals surface area contributed by atoms with Crippen LogP contribution < -0.4 is 10.2 Å². The van der Waals surface area contributed by atoms with Gasteiger partial charge in [-0.2, -0.15) is 4.98 Å². The van der Waals surface area contributed by atoms with Crippen LogP contribution in [0.4, 0.5) is 10.4 Å². The third-order valence-corrected chi connectivity index (χ3v) is 3.60. The maximum absolute atomic E-state index is 13.3. The average molecular weight is 314 g/mol. The number of fused-ring (bicyclic) bond motifs is 1. The third kappa shape index (κ3) is 2.22. The monoisotopic (exact) mass is 313 g/mol. The van der Waals surface area contributed by atoms with E-state index in [0.717, 1.165) is 32.6 Å². The maximum Gasteiger partial charge on any atom is 0.298 e. The summed E-state index contributed by atoms with van der Waals surface area (Å²) in [4.78, 5) is 6.45. The van der Waals surface area contributed by atoms with Gasteiger partial charge >= 0.3 is 0 Å². The van der Waals surface area contributed by atoms with Crippen molar-refractivity contribution in [2.45, 2.75) is 6.42 Å². The summed E-state index contributed by atoms with van der Waals surface area (Å²) in [5.41, 5.74) is 1.15. The molecule has 1 aliphatic rings. The van der Waals surface area contributed by atoms with E-state index in [1.807, 2.05) is 0 Å². The minimum absolute atomic E-state index is 0.313. The van der Waals surface area contributed by atoms with Gasteiger partial charge in [0, 0.05) is 25.7 Å². The second kappa shape index (κ2) is 4.85. The Labute approximate surface area is 112 Å². The van der Waals surface area contributed by atoms with Crippen LogP contribution in [-0.2, 0) is 0 Å². The fourth-order valence-electron chi connectivity index (χ4n) is 2.12. The van der Waals surface area contributed by atoms with Crippen LogP contribution in [0, 0.1) is 5.82 Å². The Kier molecular flexibility index (Phi) is 3.22. The van der Waals surface area contributed by atoms with Crippen molar-refractivity contribution in [3.8, 4) is 0 Å². The first kappa shape index (κ1) is 11.9. The van der Waals surface area contributed by atoms with Gasteiger partial charge in [0.2, 0.25) is 0 Å². The van der Waals surface area contributed by atoms with Crippen LogP contribution in [0.2, 0.25) is 0 Å². The SMILES string of the molecule is Fc1cc(Br)c2oc(N3CCCNCC3)nc2c1. The molecule has 1 fully saturated rings. The largest absolute Gasteiger partial charge is 0.422 e. The number of rotatable bonds is 1. The van der Waals surface area contributed by atoms with E-state index in [-0.39, 0.29) is 5.82 Å². The highest BCUT2D eigenvalue weighted by atomic mass is 79.9. The van der Waals surface area contributed by atoms with E-state index in [9.17, 15) is 4.39 Å². The second-order valence-electron chi connectivity index (χ2n) is 4.32. The highest BCUT2D eigenvalue weighted by molar-refractivity contribution is 9.10. The summed E-state index contributed by atoms with van der Waals surface area (Å²) in [5, 5.41) is 3.32. The van der Waals surface area contributed by atoms with Crippen LogP contribution in [0.15, 0.2) is 21.0 Å². The lowest BCUT2D eigenvalue weighted by Gasteiger charge is -2.16. The number of aromatic nitrogens is 1. The lowest BCUT2D eigenvalue weighted by atomic mass is 10.3. The molecule has 0 radical (unpaired) electrons. The smallest absolute Gasteiger partial charge is 0.298 e. The van der Waals surface area contributed by atoms with Gasteiger partial charge in [-0.3, -0.25) is 0 Å². The lowest BCUT2D eigenvalue weighted by molar-refractivity contribution is 0.568. The number of nitrogens with one attached hydrogen (secondary N) is 1. The van der Waals surface area contributed by atoms with E-state index in [2.05, 4.69) is 31.1 Å². The highest BCUT2D eigenvalue weighted by Gasteiger charge is 2.17. The van der Waals surface area contributed by atoms with Gasteiger partial charge in [-0.1, -0.05) is 0 Å². The van der Waals surface area contributed by atoms with Crippen molar-refractivity contribution < 1.29 is 8.81 Å². The standard InChI is InChI=1S/C12H13BrFN3O/c13-9-6-8(14)7-10-11(9)18-12(16-10)17-4-1-2-15-3-5-17/h6-7,15H,1-5H2. The van der Waals surface area contributed by atoms with Gasteiger partial charge in [0.05, 0.1) is 4.47 Å². The number of benzene rings is 1. The number of hydrogen-bond donors (Lipinski definition) is 1. The van der Waals surface area contributed by atoms with E-state index in [0.29, 0.717) is 21.6 Å². The number of nitrogens with zero attached hydrogens (tertiary/aromatic N) is 2. The van der Waals surface area contributed by atoms with Crippen LogP contribution in [0.1, 0.15) is 6.42 Å². The number of anilines is 1. The Morgan fingerprint density at radius 2 is 2.22 bits per heavy atom. The fourth-order valence-corrected chi connectivity index (χ4v) is 2.62. The van der Waals surface area contributed by atoms with Gasteiger partial charge in [-0.15, -0.1) is 0 Å². The van der Waals surface area contributed by atoms with Gasteiger partial charge in [-0.05, 0) is 35.0 Å². The average Bonchev–Trinajstić information content (AvgIpc) is 2.59. The molecule has 96 valence electrons. The molecule has 4 nitrogen and oxygen atoms in total. The summed E-state index contributed by atoms with van der Waals surface area (Å²) in [6.45, 7) is 3.68. The van der Waals surface area contributed by atoms with E-state index < -0.39 is 0 Å². The van der Waals surface area contributed by atoms with Crippen LogP contribution in [0.5, 0.6) is 0 Å². The van der Waals surface area contributed by atoms with E-state index in [1.54, 1.807) is 0 Å². The molecule has 0 bridgehead atoms. The highest BCUT2D eigenvalue weighted by Crippen LogP contribution is 2.29. The second-order valence-corrected chi connectivity index (χ2v) is 5.18. The lowest BCUT2D eigenvalue weighted by Crippen LogP contribution is -2.27. The summed E-state index contributed by atoms with van der Waals surface area (Å²) >= 11 is 3.30. The van der Waals surface area contributed by atoms with Crippen LogP contribution in [-0.4, -0.2) is 31.2 Å². The van der Waals surface area contributed by atoms with Gasteiger partial charge in [0.1, 0.15) is 11.3 Å². The molecule has 1 aliphatic heterocycles. The predicted octanol–water partition coefficient (Wildman–Crippen LogP) is 2.53. The van der Waals surface area contributed by atoms with Crippen LogP contribution >= 0.6 is 15.9 Å². The molecule has 0 atom stereocenters. The van der Waals surface area contributed by atoms with Gasteiger partial charge in [-0.25, -0.2) is 4.39 Å². The van der Waals surface area contributed by atoms with Gasteiger partial charge in [0.25, 0.3) is 6.01 Å². The summed E-state index contributed by atoms with van der Waals surface area (Å²) in [6, 6.07) is 3.35. The van der Waals surface area contributed by atoms with Crippen LogP contribution in [0.25, 0.3) is 11.1 Å². The normalized spacial score (nSPS) is 17.1. The molecule has 2 heterocycles. The topological polar surface area (TPSA) is 41.3 Å². The summed E-state index contributed by atoms with van der Waals surface area (Å²) in [5.74, 6) is -0.313. The number of hydrogen-bond acceptors (Lipinski definition) is 4. The predicted molar refractivity (Wildman–Crippen MR) is 71.4 cm³/mol. The van der Waals surface area contributed by atoms with Crippen molar-refractivity contribution >= 4 is 33.0 Å². The molecule has 6 heteroatoms. The molecular weight excluding hydrogens is 301 g/mol. The first-order valence-electron chi connectivity index (χ1n) is 5.95. The van der Waals surface area contributed by atoms with Crippen molar-refractivity contribution in [1.82, 2.24) is 10.3 Å². The Morgan fingerprint density at radius 1 is 1.33 bits per heavy atom. The Balaban J connectivity index is 1.99. The Bertz CT molecular complexity index is 564. The summed E-state index contributed by atoms with van der Waals surface area (Å²) in [7, 11) is 0.